The average Bonchev–Trinajstić information content (AvgIpc) is 3.53. The van der Waals surface area contributed by atoms with Gasteiger partial charge >= 0.3 is 11.9 Å². The molecule has 0 bridgehead atoms. The van der Waals surface area contributed by atoms with Crippen LogP contribution in [0, 0.1) is 0 Å². The van der Waals surface area contributed by atoms with Crippen molar-refractivity contribution in [2.45, 2.75) is 380 Å². The zero-order valence-electron chi connectivity index (χ0n) is 57.1. The monoisotopic (exact) mass is 1200 g/mol. The summed E-state index contributed by atoms with van der Waals surface area (Å²) in [5.74, 6) is -0.586. The van der Waals surface area contributed by atoms with Gasteiger partial charge in [-0.25, -0.2) is 0 Å². The number of unbranched alkanes of at least 4 members (excludes halogenated alkanes) is 43. The van der Waals surface area contributed by atoms with Crippen molar-refractivity contribution in [2.24, 2.45) is 0 Å². The largest absolute Gasteiger partial charge is 0.462 e. The zero-order valence-corrected chi connectivity index (χ0v) is 57.1. The number of esters is 2. The second-order valence-electron chi connectivity index (χ2n) is 25.0. The standard InChI is InChI=1S/C81H142O5/c1-3-5-7-9-11-13-15-17-19-21-23-25-27-29-31-33-35-37-39-40-42-44-46-48-50-52-54-56-58-60-62-64-66-68-70-72-74-76-81(84)86-79(77-82)78-85-80(83)75-73-71-69-67-65-63-61-59-57-55-53-51-49-47-45-43-41-38-36-34-32-30-28-26-24-22-20-18-16-14-12-10-8-6-4-2/h5,7,11,13,17,19,23,25,29,31,35,37,40,42,46,48,52,54,79,82H,3-4,6,8-10,12,14-16,18,20-22,24,26-28,30,32-34,36,38-39,41,43-45,47,49-51,53,55-78H2,1-2H3/b7-5-,13-11-,19-17-,25-23-,31-29-,37-35-,42-40-,48-46-,54-52-. The minimum absolute atomic E-state index is 0.0693. The number of ether oxygens (including phenoxy) is 2. The quantitative estimate of drug-likeness (QED) is 0.0373. The van der Waals surface area contributed by atoms with Gasteiger partial charge in [0, 0.05) is 12.8 Å². The van der Waals surface area contributed by atoms with E-state index in [0.29, 0.717) is 12.8 Å². The SMILES string of the molecule is CC/C=C\C/C=C\C/C=C\C/C=C\C/C=C\C/C=C\C/C=C\C/C=C\C/C=C\CCCCCCCCCCCC(=O)OC(CO)COC(=O)CCCCCCCCCCCCCCCCCCCCCCCCCCCCCCCCCCCCC. The summed E-state index contributed by atoms with van der Waals surface area (Å²) >= 11 is 0. The molecule has 1 unspecified atom stereocenters. The molecule has 0 aliphatic heterocycles. The van der Waals surface area contributed by atoms with Gasteiger partial charge < -0.3 is 14.6 Å². The zero-order chi connectivity index (χ0) is 61.9. The van der Waals surface area contributed by atoms with Crippen LogP contribution in [-0.4, -0.2) is 36.4 Å². The molecule has 0 saturated carbocycles. The van der Waals surface area contributed by atoms with Crippen LogP contribution in [0.4, 0.5) is 0 Å². The van der Waals surface area contributed by atoms with Crippen molar-refractivity contribution in [2.75, 3.05) is 13.2 Å². The number of carbonyl (C=O) groups excluding carboxylic acids is 2. The van der Waals surface area contributed by atoms with Crippen molar-refractivity contribution in [3.63, 3.8) is 0 Å². The molecule has 0 fully saturated rings. The highest BCUT2D eigenvalue weighted by Gasteiger charge is 2.16. The van der Waals surface area contributed by atoms with E-state index in [-0.39, 0.29) is 25.2 Å². The molecule has 0 spiro atoms. The van der Waals surface area contributed by atoms with Gasteiger partial charge in [0.25, 0.3) is 0 Å². The molecule has 0 aliphatic carbocycles. The number of rotatable bonds is 69. The highest BCUT2D eigenvalue weighted by molar-refractivity contribution is 5.70. The molecule has 0 aliphatic rings. The third kappa shape index (κ3) is 73.0. The summed E-state index contributed by atoms with van der Waals surface area (Å²) in [7, 11) is 0. The topological polar surface area (TPSA) is 72.8 Å². The van der Waals surface area contributed by atoms with E-state index in [9.17, 15) is 14.7 Å². The number of aliphatic hydroxyl groups is 1. The van der Waals surface area contributed by atoms with E-state index in [1.807, 2.05) is 0 Å². The molecule has 1 N–H and O–H groups in total. The van der Waals surface area contributed by atoms with Crippen LogP contribution in [0.1, 0.15) is 373 Å². The summed E-state index contributed by atoms with van der Waals surface area (Å²) in [4.78, 5) is 24.7. The summed E-state index contributed by atoms with van der Waals surface area (Å²) < 4.78 is 10.8. The fourth-order valence-electron chi connectivity index (χ4n) is 11.0. The Kier molecular flexibility index (Phi) is 72.8. The van der Waals surface area contributed by atoms with E-state index in [0.717, 1.165) is 103 Å². The Morgan fingerprint density at radius 1 is 0.279 bits per heavy atom. The van der Waals surface area contributed by atoms with Crippen LogP contribution < -0.4 is 0 Å². The van der Waals surface area contributed by atoms with Crippen LogP contribution in [-0.2, 0) is 19.1 Å². The summed E-state index contributed by atoms with van der Waals surface area (Å²) in [6.45, 7) is 4.07. The molecule has 0 radical (unpaired) electrons. The van der Waals surface area contributed by atoms with Crippen molar-refractivity contribution in [1.82, 2.24) is 0 Å². The molecule has 0 aromatic carbocycles. The van der Waals surface area contributed by atoms with Crippen LogP contribution in [0.15, 0.2) is 109 Å². The van der Waals surface area contributed by atoms with Crippen LogP contribution in [0.3, 0.4) is 0 Å². The van der Waals surface area contributed by atoms with Gasteiger partial charge in [-0.2, -0.15) is 0 Å². The molecule has 0 aromatic heterocycles. The van der Waals surface area contributed by atoms with E-state index < -0.39 is 6.10 Å². The Morgan fingerprint density at radius 3 is 0.756 bits per heavy atom. The van der Waals surface area contributed by atoms with E-state index in [2.05, 4.69) is 123 Å². The van der Waals surface area contributed by atoms with Gasteiger partial charge in [-0.3, -0.25) is 9.59 Å². The predicted octanol–water partition coefficient (Wildman–Crippen LogP) is 26.3. The van der Waals surface area contributed by atoms with Crippen LogP contribution in [0.2, 0.25) is 0 Å². The fourth-order valence-corrected chi connectivity index (χ4v) is 11.0. The van der Waals surface area contributed by atoms with Gasteiger partial charge in [0.1, 0.15) is 6.61 Å². The molecule has 0 aromatic rings. The second-order valence-corrected chi connectivity index (χ2v) is 25.0. The van der Waals surface area contributed by atoms with Gasteiger partial charge in [0.2, 0.25) is 0 Å². The van der Waals surface area contributed by atoms with Gasteiger partial charge in [-0.1, -0.05) is 386 Å². The molecule has 0 rings (SSSR count). The Morgan fingerprint density at radius 2 is 0.500 bits per heavy atom. The molecular weight excluding hydrogens is 1050 g/mol. The number of hydrogen-bond donors (Lipinski definition) is 1. The normalized spacial score (nSPS) is 12.8. The van der Waals surface area contributed by atoms with Crippen molar-refractivity contribution >= 4 is 11.9 Å². The summed E-state index contributed by atoms with van der Waals surface area (Å²) in [6, 6.07) is 0. The molecule has 5 nitrogen and oxygen atoms in total. The van der Waals surface area contributed by atoms with Gasteiger partial charge in [0.15, 0.2) is 6.10 Å². The molecule has 0 heterocycles. The maximum Gasteiger partial charge on any atom is 0.306 e. The van der Waals surface area contributed by atoms with Crippen molar-refractivity contribution < 1.29 is 24.2 Å². The van der Waals surface area contributed by atoms with E-state index in [1.54, 1.807) is 0 Å². The lowest BCUT2D eigenvalue weighted by Crippen LogP contribution is -2.28. The predicted molar refractivity (Wildman–Crippen MR) is 380 cm³/mol. The maximum atomic E-state index is 12.4. The molecular formula is C81H142O5. The van der Waals surface area contributed by atoms with Crippen LogP contribution >= 0.6 is 0 Å². The first-order valence-electron chi connectivity index (χ1n) is 37.4. The lowest BCUT2D eigenvalue weighted by atomic mass is 10.0. The van der Waals surface area contributed by atoms with Crippen LogP contribution in [0.5, 0.6) is 0 Å². The fraction of sp³-hybridized carbons (Fsp3) is 0.753. The second kappa shape index (κ2) is 75.8. The average molecular weight is 1200 g/mol. The first kappa shape index (κ1) is 82.6. The first-order chi connectivity index (χ1) is 42.6. The van der Waals surface area contributed by atoms with E-state index in [1.165, 1.54) is 244 Å². The molecule has 86 heavy (non-hydrogen) atoms. The number of aliphatic hydroxyl groups excluding tert-OH is 1. The summed E-state index contributed by atoms with van der Waals surface area (Å²) in [5, 5.41) is 9.72. The minimum Gasteiger partial charge on any atom is -0.462 e. The summed E-state index contributed by atoms with van der Waals surface area (Å²) in [5.41, 5.74) is 0. The third-order valence-corrected chi connectivity index (χ3v) is 16.6. The third-order valence-electron chi connectivity index (χ3n) is 16.6. The molecule has 1 atom stereocenters. The number of carbonyl (C=O) groups is 2. The van der Waals surface area contributed by atoms with Crippen molar-refractivity contribution in [1.29, 1.82) is 0 Å². The number of allylic oxidation sites excluding steroid dienone is 18. The maximum absolute atomic E-state index is 12.4. The van der Waals surface area contributed by atoms with E-state index in [4.69, 9.17) is 9.47 Å². The Labute approximate surface area is 535 Å². The minimum atomic E-state index is -0.782. The van der Waals surface area contributed by atoms with Crippen molar-refractivity contribution in [3.05, 3.63) is 109 Å². The van der Waals surface area contributed by atoms with Crippen molar-refractivity contribution in [3.8, 4) is 0 Å². The number of hydrogen-bond acceptors (Lipinski definition) is 5. The van der Waals surface area contributed by atoms with E-state index >= 15 is 0 Å². The molecule has 496 valence electrons. The smallest absolute Gasteiger partial charge is 0.306 e. The highest BCUT2D eigenvalue weighted by Crippen LogP contribution is 2.19. The Bertz CT molecular complexity index is 1640. The highest BCUT2D eigenvalue weighted by atomic mass is 16.6. The molecule has 0 amide bonds. The molecule has 0 saturated heterocycles. The van der Waals surface area contributed by atoms with Gasteiger partial charge in [-0.15, -0.1) is 0 Å². The summed E-state index contributed by atoms with van der Waals surface area (Å²) in [6.07, 6.45) is 110. The Hall–Kier alpha value is -3.44. The van der Waals surface area contributed by atoms with Gasteiger partial charge in [0.05, 0.1) is 6.61 Å². The Balaban J connectivity index is 3.47. The lowest BCUT2D eigenvalue weighted by Gasteiger charge is -2.15. The van der Waals surface area contributed by atoms with Gasteiger partial charge in [-0.05, 0) is 83.5 Å². The first-order valence-corrected chi connectivity index (χ1v) is 37.4. The molecule has 5 heteroatoms. The lowest BCUT2D eigenvalue weighted by molar-refractivity contribution is -0.161. The van der Waals surface area contributed by atoms with Crippen LogP contribution in [0.25, 0.3) is 0 Å².